The lowest BCUT2D eigenvalue weighted by atomic mass is 10.1. The van der Waals surface area contributed by atoms with E-state index >= 15 is 0 Å². The first kappa shape index (κ1) is 16.4. The molecular weight excluding hydrogens is 282 g/mol. The van der Waals surface area contributed by atoms with Crippen LogP contribution < -0.4 is 21.3 Å². The van der Waals surface area contributed by atoms with Crippen molar-refractivity contribution >= 4 is 16.6 Å². The van der Waals surface area contributed by atoms with Crippen molar-refractivity contribution in [3.63, 3.8) is 0 Å². The number of benzene rings is 1. The van der Waals surface area contributed by atoms with Gasteiger partial charge in [0, 0.05) is 22.9 Å². The molecule has 0 spiro atoms. The fourth-order valence-corrected chi connectivity index (χ4v) is 1.98. The number of β-amino-alcohol motifs (C(OH)–C–C–N with tert-alkyl or cyclic N) is 1. The lowest BCUT2D eigenvalue weighted by Crippen LogP contribution is -2.42. The van der Waals surface area contributed by atoms with E-state index in [2.05, 4.69) is 20.9 Å². The maximum atomic E-state index is 10.00. The molecule has 2 rings (SSSR count). The summed E-state index contributed by atoms with van der Waals surface area (Å²) in [7, 11) is 0. The number of nitrogens with zero attached hydrogens (tertiary/aromatic N) is 2. The van der Waals surface area contributed by atoms with E-state index in [4.69, 9.17) is 10.6 Å². The second-order valence-corrected chi connectivity index (χ2v) is 6.15. The van der Waals surface area contributed by atoms with E-state index in [0.717, 1.165) is 10.8 Å². The summed E-state index contributed by atoms with van der Waals surface area (Å²) in [5.74, 6) is 6.55. The molecule has 0 aliphatic rings. The summed E-state index contributed by atoms with van der Waals surface area (Å²) in [5.41, 5.74) is 2.47. The Morgan fingerprint density at radius 2 is 2.09 bits per heavy atom. The number of fused-ring (bicyclic) bond motifs is 1. The van der Waals surface area contributed by atoms with Gasteiger partial charge in [-0.25, -0.2) is 5.84 Å². The van der Waals surface area contributed by atoms with Gasteiger partial charge < -0.3 is 20.6 Å². The van der Waals surface area contributed by atoms with Gasteiger partial charge in [0.25, 0.3) is 0 Å². The molecule has 1 unspecified atom stereocenters. The van der Waals surface area contributed by atoms with E-state index in [9.17, 15) is 5.11 Å². The largest absolute Gasteiger partial charge is 0.490 e. The molecule has 0 saturated carbocycles. The molecule has 0 aliphatic heterocycles. The number of nitrogen functional groups attached to an aromatic ring is 1. The maximum absolute atomic E-state index is 10.00. The molecular formula is C15H23N5O2. The van der Waals surface area contributed by atoms with E-state index < -0.39 is 6.10 Å². The molecule has 1 heterocycles. The fraction of sp³-hybridized carbons (Fsp3) is 0.467. The smallest absolute Gasteiger partial charge is 0.170 e. The molecule has 0 saturated heterocycles. The highest BCUT2D eigenvalue weighted by Gasteiger charge is 2.13. The Kier molecular flexibility index (Phi) is 5.12. The van der Waals surface area contributed by atoms with E-state index in [-0.39, 0.29) is 12.1 Å². The molecule has 120 valence electrons. The van der Waals surface area contributed by atoms with Crippen LogP contribution in [0.4, 0.5) is 5.82 Å². The summed E-state index contributed by atoms with van der Waals surface area (Å²) < 4.78 is 5.72. The Morgan fingerprint density at radius 1 is 1.32 bits per heavy atom. The van der Waals surface area contributed by atoms with Crippen molar-refractivity contribution in [3.05, 3.63) is 24.4 Å². The molecule has 1 atom stereocenters. The quantitative estimate of drug-likeness (QED) is 0.467. The molecule has 1 aromatic carbocycles. The average Bonchev–Trinajstić information content (AvgIpc) is 2.49. The number of rotatable bonds is 6. The van der Waals surface area contributed by atoms with Crippen LogP contribution in [0.2, 0.25) is 0 Å². The number of hydrogen-bond donors (Lipinski definition) is 4. The van der Waals surface area contributed by atoms with Gasteiger partial charge in [-0.1, -0.05) is 12.1 Å². The highest BCUT2D eigenvalue weighted by molar-refractivity contribution is 5.94. The van der Waals surface area contributed by atoms with Gasteiger partial charge in [0.05, 0.1) is 6.20 Å². The van der Waals surface area contributed by atoms with Crippen molar-refractivity contribution in [1.82, 2.24) is 15.5 Å². The van der Waals surface area contributed by atoms with Crippen LogP contribution in [0.3, 0.4) is 0 Å². The van der Waals surface area contributed by atoms with Crippen molar-refractivity contribution in [2.45, 2.75) is 32.4 Å². The summed E-state index contributed by atoms with van der Waals surface area (Å²) in [6, 6.07) is 5.55. The van der Waals surface area contributed by atoms with Crippen molar-refractivity contribution in [2.75, 3.05) is 18.6 Å². The van der Waals surface area contributed by atoms with Crippen LogP contribution in [0.1, 0.15) is 20.8 Å². The Labute approximate surface area is 129 Å². The minimum absolute atomic E-state index is 0.0439. The average molecular weight is 305 g/mol. The molecule has 7 nitrogen and oxygen atoms in total. The van der Waals surface area contributed by atoms with Crippen LogP contribution in [0.5, 0.6) is 5.75 Å². The molecule has 0 aliphatic carbocycles. The third kappa shape index (κ3) is 4.27. The lowest BCUT2D eigenvalue weighted by Gasteiger charge is -2.23. The number of nitrogens with two attached hydrogens (primary N) is 1. The fourth-order valence-electron chi connectivity index (χ4n) is 1.98. The summed E-state index contributed by atoms with van der Waals surface area (Å²) in [4.78, 5) is 0. The third-order valence-electron chi connectivity index (χ3n) is 3.10. The van der Waals surface area contributed by atoms with Gasteiger partial charge in [-0.2, -0.15) is 5.10 Å². The Balaban J connectivity index is 2.06. The monoisotopic (exact) mass is 305 g/mol. The Bertz CT molecular complexity index is 627. The molecule has 22 heavy (non-hydrogen) atoms. The van der Waals surface area contributed by atoms with Gasteiger partial charge in [-0.3, -0.25) is 0 Å². The van der Waals surface area contributed by atoms with Gasteiger partial charge in [-0.15, -0.1) is 5.10 Å². The van der Waals surface area contributed by atoms with Crippen LogP contribution in [-0.4, -0.2) is 40.1 Å². The number of aliphatic hydroxyl groups is 1. The molecule has 0 amide bonds. The maximum Gasteiger partial charge on any atom is 0.170 e. The Hall–Kier alpha value is -1.96. The first-order chi connectivity index (χ1) is 10.4. The summed E-state index contributed by atoms with van der Waals surface area (Å²) in [5, 5.41) is 22.7. The zero-order valence-electron chi connectivity index (χ0n) is 13.1. The predicted molar refractivity (Wildman–Crippen MR) is 86.6 cm³/mol. The standard InChI is InChI=1S/C15H23N5O2/c1-15(2,3)17-7-10(21)9-22-13-6-4-5-11-12(13)8-18-20-14(11)19-16/h4-6,8,10,17,21H,7,9,16H2,1-3H3,(H,19,20). The number of aliphatic hydroxyl groups excluding tert-OH is 1. The second kappa shape index (κ2) is 6.87. The minimum atomic E-state index is -0.601. The van der Waals surface area contributed by atoms with Crippen LogP contribution in [-0.2, 0) is 0 Å². The van der Waals surface area contributed by atoms with Crippen molar-refractivity contribution in [2.24, 2.45) is 5.84 Å². The summed E-state index contributed by atoms with van der Waals surface area (Å²) >= 11 is 0. The molecule has 1 aromatic heterocycles. The number of anilines is 1. The SMILES string of the molecule is CC(C)(C)NCC(O)COc1cccc2c(NN)nncc12. The molecule has 7 heteroatoms. The van der Waals surface area contributed by atoms with Gasteiger partial charge in [0.1, 0.15) is 18.5 Å². The minimum Gasteiger partial charge on any atom is -0.490 e. The summed E-state index contributed by atoms with van der Waals surface area (Å²) in [6.45, 7) is 6.79. The third-order valence-corrected chi connectivity index (χ3v) is 3.10. The van der Waals surface area contributed by atoms with Gasteiger partial charge >= 0.3 is 0 Å². The molecule has 2 aromatic rings. The van der Waals surface area contributed by atoms with Gasteiger partial charge in [0.2, 0.25) is 0 Å². The van der Waals surface area contributed by atoms with E-state index in [1.807, 2.05) is 39.0 Å². The molecule has 0 bridgehead atoms. The number of hydrogen-bond acceptors (Lipinski definition) is 7. The van der Waals surface area contributed by atoms with Crippen LogP contribution in [0, 0.1) is 0 Å². The highest BCUT2D eigenvalue weighted by Crippen LogP contribution is 2.28. The normalized spacial score (nSPS) is 13.1. The number of hydrazine groups is 1. The number of aromatic nitrogens is 2. The van der Waals surface area contributed by atoms with Gasteiger partial charge in [0.15, 0.2) is 5.82 Å². The van der Waals surface area contributed by atoms with Gasteiger partial charge in [-0.05, 0) is 26.8 Å². The predicted octanol–water partition coefficient (Wildman–Crippen LogP) is 1.04. The zero-order chi connectivity index (χ0) is 16.2. The van der Waals surface area contributed by atoms with Crippen molar-refractivity contribution < 1.29 is 9.84 Å². The van der Waals surface area contributed by atoms with Crippen molar-refractivity contribution in [1.29, 1.82) is 0 Å². The van der Waals surface area contributed by atoms with Crippen LogP contribution >= 0.6 is 0 Å². The first-order valence-electron chi connectivity index (χ1n) is 7.17. The van der Waals surface area contributed by atoms with E-state index in [1.54, 1.807) is 6.20 Å². The second-order valence-electron chi connectivity index (χ2n) is 6.15. The zero-order valence-corrected chi connectivity index (χ0v) is 13.1. The topological polar surface area (TPSA) is 105 Å². The first-order valence-corrected chi connectivity index (χ1v) is 7.17. The highest BCUT2D eigenvalue weighted by atomic mass is 16.5. The molecule has 0 radical (unpaired) electrons. The molecule has 0 fully saturated rings. The van der Waals surface area contributed by atoms with Crippen molar-refractivity contribution in [3.8, 4) is 5.75 Å². The van der Waals surface area contributed by atoms with E-state index in [0.29, 0.717) is 18.1 Å². The van der Waals surface area contributed by atoms with Crippen LogP contribution in [0.25, 0.3) is 10.8 Å². The Morgan fingerprint density at radius 3 is 2.77 bits per heavy atom. The summed E-state index contributed by atoms with van der Waals surface area (Å²) in [6.07, 6.45) is 1.02. The van der Waals surface area contributed by atoms with Crippen LogP contribution in [0.15, 0.2) is 24.4 Å². The van der Waals surface area contributed by atoms with E-state index in [1.165, 1.54) is 0 Å². The number of ether oxygens (including phenoxy) is 1. The lowest BCUT2D eigenvalue weighted by molar-refractivity contribution is 0.101. The molecule has 5 N–H and O–H groups in total. The number of nitrogens with one attached hydrogen (secondary N) is 2.